The maximum Gasteiger partial charge on any atom is 0.235 e. The van der Waals surface area contributed by atoms with Crippen LogP contribution in [0.4, 0.5) is 0 Å². The number of hydrogen-bond acceptors (Lipinski definition) is 3. The lowest BCUT2D eigenvalue weighted by Gasteiger charge is -2.24. The first-order valence-electron chi connectivity index (χ1n) is 5.73. The van der Waals surface area contributed by atoms with E-state index < -0.39 is 0 Å². The third-order valence-corrected chi connectivity index (χ3v) is 2.64. The first kappa shape index (κ1) is 12.5. The molecule has 1 fully saturated rings. The van der Waals surface area contributed by atoms with E-state index in [2.05, 4.69) is 17.3 Å². The highest BCUT2D eigenvalue weighted by molar-refractivity contribution is 5.80. The molecule has 3 N–H and O–H groups in total. The highest BCUT2D eigenvalue weighted by Gasteiger charge is 2.25. The number of rotatable bonds is 7. The molecule has 0 aromatic rings. The van der Waals surface area contributed by atoms with E-state index in [1.54, 1.807) is 0 Å². The van der Waals surface area contributed by atoms with Gasteiger partial charge in [-0.2, -0.15) is 0 Å². The molecule has 1 amide bonds. The van der Waals surface area contributed by atoms with Gasteiger partial charge >= 0.3 is 0 Å². The van der Waals surface area contributed by atoms with Crippen LogP contribution in [0.25, 0.3) is 0 Å². The predicted molar refractivity (Wildman–Crippen MR) is 61.5 cm³/mol. The summed E-state index contributed by atoms with van der Waals surface area (Å²) in [7, 11) is 2.05. The number of carbonyl (C=O) groups is 1. The highest BCUT2D eigenvalue weighted by atomic mass is 16.1. The van der Waals surface area contributed by atoms with Gasteiger partial charge in [-0.05, 0) is 25.8 Å². The molecule has 0 spiro atoms. The molecule has 0 aromatic heterocycles. The fourth-order valence-electron chi connectivity index (χ4n) is 1.75. The van der Waals surface area contributed by atoms with Gasteiger partial charge in [-0.25, -0.2) is 0 Å². The largest absolute Gasteiger partial charge is 0.368 e. The molecule has 15 heavy (non-hydrogen) atoms. The lowest BCUT2D eigenvalue weighted by molar-refractivity contribution is -0.120. The van der Waals surface area contributed by atoms with E-state index in [1.165, 1.54) is 12.8 Å². The number of amides is 1. The summed E-state index contributed by atoms with van der Waals surface area (Å²) in [5.41, 5.74) is 5.35. The molecular weight excluding hydrogens is 190 g/mol. The van der Waals surface area contributed by atoms with Gasteiger partial charge in [0, 0.05) is 19.1 Å². The van der Waals surface area contributed by atoms with Crippen LogP contribution in [0.1, 0.15) is 26.7 Å². The van der Waals surface area contributed by atoms with Gasteiger partial charge in [-0.15, -0.1) is 0 Å². The molecular formula is C11H23N3O. The first-order chi connectivity index (χ1) is 6.99. The molecule has 0 aromatic carbocycles. The molecule has 1 aliphatic rings. The molecule has 0 saturated heterocycles. The van der Waals surface area contributed by atoms with Crippen LogP contribution in [0.2, 0.25) is 0 Å². The van der Waals surface area contributed by atoms with Crippen LogP contribution in [0.5, 0.6) is 0 Å². The fourth-order valence-corrected chi connectivity index (χ4v) is 1.75. The standard InChI is InChI=1S/C11H23N3O/c1-8(2)13-10(11(12)15)7-14(3)6-9-4-5-9/h8-10,13H,4-7H2,1-3H3,(H2,12,15). The molecule has 1 saturated carbocycles. The van der Waals surface area contributed by atoms with Crippen LogP contribution in [-0.2, 0) is 4.79 Å². The normalized spacial score (nSPS) is 18.5. The molecule has 1 aliphatic carbocycles. The number of primary amides is 1. The van der Waals surface area contributed by atoms with Crippen molar-refractivity contribution in [3.8, 4) is 0 Å². The second-order valence-corrected chi connectivity index (χ2v) is 4.94. The van der Waals surface area contributed by atoms with Crippen LogP contribution in [0, 0.1) is 5.92 Å². The van der Waals surface area contributed by atoms with Gasteiger partial charge in [-0.1, -0.05) is 13.8 Å². The Labute approximate surface area is 92.2 Å². The quantitative estimate of drug-likeness (QED) is 0.634. The molecule has 88 valence electrons. The molecule has 1 rings (SSSR count). The van der Waals surface area contributed by atoms with E-state index >= 15 is 0 Å². The van der Waals surface area contributed by atoms with Gasteiger partial charge in [0.25, 0.3) is 0 Å². The Kier molecular flexibility index (Phi) is 4.54. The number of hydrogen-bond donors (Lipinski definition) is 2. The predicted octanol–water partition coefficient (Wildman–Crippen LogP) is 0.180. The van der Waals surface area contributed by atoms with Crippen LogP contribution in [0.15, 0.2) is 0 Å². The van der Waals surface area contributed by atoms with Gasteiger partial charge in [-0.3, -0.25) is 4.79 Å². The summed E-state index contributed by atoms with van der Waals surface area (Å²) in [6, 6.07) is 0.0607. The van der Waals surface area contributed by atoms with Gasteiger partial charge in [0.1, 0.15) is 0 Å². The van der Waals surface area contributed by atoms with E-state index in [9.17, 15) is 4.79 Å². The van der Waals surface area contributed by atoms with E-state index in [0.717, 1.165) is 12.5 Å². The van der Waals surface area contributed by atoms with Crippen LogP contribution in [-0.4, -0.2) is 43.0 Å². The Morgan fingerprint density at radius 2 is 2.13 bits per heavy atom. The zero-order valence-corrected chi connectivity index (χ0v) is 9.99. The molecule has 0 bridgehead atoms. The maximum absolute atomic E-state index is 11.2. The smallest absolute Gasteiger partial charge is 0.235 e. The second kappa shape index (κ2) is 5.47. The lowest BCUT2D eigenvalue weighted by atomic mass is 10.2. The minimum absolute atomic E-state index is 0.228. The Hall–Kier alpha value is -0.610. The molecule has 4 nitrogen and oxygen atoms in total. The Morgan fingerprint density at radius 3 is 2.53 bits per heavy atom. The summed E-state index contributed by atoms with van der Waals surface area (Å²) in [6.07, 6.45) is 2.67. The van der Waals surface area contributed by atoms with Crippen molar-refractivity contribution < 1.29 is 4.79 Å². The van der Waals surface area contributed by atoms with E-state index in [1.807, 2.05) is 13.8 Å². The number of likely N-dealkylation sites (N-methyl/N-ethyl adjacent to an activating group) is 1. The monoisotopic (exact) mass is 213 g/mol. The van der Waals surface area contributed by atoms with Crippen molar-refractivity contribution in [2.75, 3.05) is 20.1 Å². The van der Waals surface area contributed by atoms with Gasteiger partial charge in [0.05, 0.1) is 6.04 Å². The minimum Gasteiger partial charge on any atom is -0.368 e. The third-order valence-electron chi connectivity index (χ3n) is 2.64. The van der Waals surface area contributed by atoms with Crippen molar-refractivity contribution in [1.82, 2.24) is 10.2 Å². The van der Waals surface area contributed by atoms with Crippen molar-refractivity contribution in [2.45, 2.75) is 38.8 Å². The van der Waals surface area contributed by atoms with E-state index in [4.69, 9.17) is 5.73 Å². The topological polar surface area (TPSA) is 58.4 Å². The summed E-state index contributed by atoms with van der Waals surface area (Å²) in [4.78, 5) is 13.4. The third kappa shape index (κ3) is 5.14. The zero-order chi connectivity index (χ0) is 11.4. The number of nitrogens with one attached hydrogen (secondary N) is 1. The van der Waals surface area contributed by atoms with Crippen molar-refractivity contribution >= 4 is 5.91 Å². The first-order valence-corrected chi connectivity index (χ1v) is 5.73. The lowest BCUT2D eigenvalue weighted by Crippen LogP contribution is -2.50. The van der Waals surface area contributed by atoms with Crippen molar-refractivity contribution in [3.05, 3.63) is 0 Å². The summed E-state index contributed by atoms with van der Waals surface area (Å²) >= 11 is 0. The average molecular weight is 213 g/mol. The zero-order valence-electron chi connectivity index (χ0n) is 9.99. The Balaban J connectivity index is 2.31. The average Bonchev–Trinajstić information content (AvgIpc) is 2.85. The number of nitrogens with zero attached hydrogens (tertiary/aromatic N) is 1. The molecule has 0 heterocycles. The van der Waals surface area contributed by atoms with Crippen molar-refractivity contribution in [2.24, 2.45) is 11.7 Å². The number of carbonyl (C=O) groups excluding carboxylic acids is 1. The summed E-state index contributed by atoms with van der Waals surface area (Å²) in [6.45, 7) is 5.85. The highest BCUT2D eigenvalue weighted by Crippen LogP contribution is 2.29. The van der Waals surface area contributed by atoms with Gasteiger partial charge in [0.15, 0.2) is 0 Å². The van der Waals surface area contributed by atoms with Crippen LogP contribution < -0.4 is 11.1 Å². The number of nitrogens with two attached hydrogens (primary N) is 1. The van der Waals surface area contributed by atoms with E-state index in [-0.39, 0.29) is 18.0 Å². The summed E-state index contributed by atoms with van der Waals surface area (Å²) in [5.74, 6) is 0.592. The minimum atomic E-state index is -0.258. The van der Waals surface area contributed by atoms with Gasteiger partial charge < -0.3 is 16.0 Å². The molecule has 1 unspecified atom stereocenters. The van der Waals surface area contributed by atoms with Crippen molar-refractivity contribution in [3.63, 3.8) is 0 Å². The van der Waals surface area contributed by atoms with Gasteiger partial charge in [0.2, 0.25) is 5.91 Å². The molecule has 4 heteroatoms. The van der Waals surface area contributed by atoms with Crippen molar-refractivity contribution in [1.29, 1.82) is 0 Å². The summed E-state index contributed by atoms with van der Waals surface area (Å²) in [5, 5.41) is 3.19. The fraction of sp³-hybridized carbons (Fsp3) is 0.909. The van der Waals surface area contributed by atoms with Crippen LogP contribution >= 0.6 is 0 Å². The Morgan fingerprint density at radius 1 is 1.53 bits per heavy atom. The Bertz CT molecular complexity index is 214. The summed E-state index contributed by atoms with van der Waals surface area (Å²) < 4.78 is 0. The molecule has 0 aliphatic heterocycles. The second-order valence-electron chi connectivity index (χ2n) is 4.94. The van der Waals surface area contributed by atoms with E-state index in [0.29, 0.717) is 6.54 Å². The molecule has 1 atom stereocenters. The SMILES string of the molecule is CC(C)NC(CN(C)CC1CC1)C(N)=O. The maximum atomic E-state index is 11.2. The van der Waals surface area contributed by atoms with Crippen LogP contribution in [0.3, 0.4) is 0 Å². The molecule has 0 radical (unpaired) electrons.